The van der Waals surface area contributed by atoms with Gasteiger partial charge in [0.1, 0.15) is 12.4 Å². The highest BCUT2D eigenvalue weighted by Crippen LogP contribution is 2.15. The predicted octanol–water partition coefficient (Wildman–Crippen LogP) is 2.00. The maximum Gasteiger partial charge on any atom is 0.318 e. The van der Waals surface area contributed by atoms with Crippen LogP contribution in [0.3, 0.4) is 0 Å². The number of hydrogen-bond donors (Lipinski definition) is 2. The van der Waals surface area contributed by atoms with Crippen molar-refractivity contribution in [3.63, 3.8) is 0 Å². The summed E-state index contributed by atoms with van der Waals surface area (Å²) in [6.07, 6.45) is 1.68. The normalized spacial score (nSPS) is 9.13. The zero-order valence-electron chi connectivity index (χ0n) is 8.62. The second-order valence-electron chi connectivity index (χ2n) is 2.83. The number of rotatable bonds is 4. The standard InChI is InChI=1S/C11H14N2O2/c1-3-8-15-10-6-4-9(5-7-10)13-11(14)12-2/h3-7H,1,8H2,2H3,(H2,12,13,14). The molecule has 1 rings (SSSR count). The molecular formula is C11H14N2O2. The Bertz CT molecular complexity index is 333. The molecule has 0 spiro atoms. The van der Waals surface area contributed by atoms with E-state index in [1.807, 2.05) is 0 Å². The van der Waals surface area contributed by atoms with E-state index in [2.05, 4.69) is 17.2 Å². The molecule has 0 fully saturated rings. The first kappa shape index (κ1) is 11.1. The predicted molar refractivity (Wildman–Crippen MR) is 60.2 cm³/mol. The molecule has 2 amide bonds. The molecule has 0 aliphatic heterocycles. The third kappa shape index (κ3) is 3.72. The smallest absolute Gasteiger partial charge is 0.318 e. The molecule has 0 aliphatic rings. The van der Waals surface area contributed by atoms with Crippen LogP contribution in [0.4, 0.5) is 10.5 Å². The second-order valence-corrected chi connectivity index (χ2v) is 2.83. The second kappa shape index (κ2) is 5.70. The van der Waals surface area contributed by atoms with Gasteiger partial charge >= 0.3 is 6.03 Å². The molecule has 0 unspecified atom stereocenters. The van der Waals surface area contributed by atoms with Gasteiger partial charge in [-0.1, -0.05) is 12.7 Å². The summed E-state index contributed by atoms with van der Waals surface area (Å²) in [5.41, 5.74) is 0.723. The molecule has 15 heavy (non-hydrogen) atoms. The van der Waals surface area contributed by atoms with E-state index >= 15 is 0 Å². The average molecular weight is 206 g/mol. The Morgan fingerprint density at radius 3 is 2.67 bits per heavy atom. The van der Waals surface area contributed by atoms with Gasteiger partial charge in [0.15, 0.2) is 0 Å². The van der Waals surface area contributed by atoms with Gasteiger partial charge < -0.3 is 15.4 Å². The highest BCUT2D eigenvalue weighted by Gasteiger charge is 1.98. The molecule has 4 nitrogen and oxygen atoms in total. The number of anilines is 1. The van der Waals surface area contributed by atoms with Crippen molar-refractivity contribution in [3.8, 4) is 5.75 Å². The number of carbonyl (C=O) groups excluding carboxylic acids is 1. The molecule has 2 N–H and O–H groups in total. The Morgan fingerprint density at radius 2 is 2.13 bits per heavy atom. The summed E-state index contributed by atoms with van der Waals surface area (Å²) >= 11 is 0. The summed E-state index contributed by atoms with van der Waals surface area (Å²) in [5, 5.41) is 5.12. The highest BCUT2D eigenvalue weighted by atomic mass is 16.5. The SMILES string of the molecule is C=CCOc1ccc(NC(=O)NC)cc1. The van der Waals surface area contributed by atoms with Crippen molar-refractivity contribution in [2.24, 2.45) is 0 Å². The van der Waals surface area contributed by atoms with E-state index in [0.29, 0.717) is 6.61 Å². The molecule has 4 heteroatoms. The maximum atomic E-state index is 11.0. The Kier molecular flexibility index (Phi) is 4.22. The van der Waals surface area contributed by atoms with Crippen molar-refractivity contribution in [3.05, 3.63) is 36.9 Å². The minimum absolute atomic E-state index is 0.241. The minimum atomic E-state index is -0.241. The molecule has 0 aliphatic carbocycles. The summed E-state index contributed by atoms with van der Waals surface area (Å²) in [7, 11) is 1.57. The summed E-state index contributed by atoms with van der Waals surface area (Å²) in [4.78, 5) is 11.0. The van der Waals surface area contributed by atoms with Crippen molar-refractivity contribution in [1.82, 2.24) is 5.32 Å². The van der Waals surface area contributed by atoms with Crippen LogP contribution in [0.15, 0.2) is 36.9 Å². The highest BCUT2D eigenvalue weighted by molar-refractivity contribution is 5.88. The topological polar surface area (TPSA) is 50.4 Å². The first-order valence-electron chi connectivity index (χ1n) is 4.58. The van der Waals surface area contributed by atoms with Crippen LogP contribution in [-0.4, -0.2) is 19.7 Å². The molecule has 1 aromatic carbocycles. The van der Waals surface area contributed by atoms with Crippen LogP contribution in [0.2, 0.25) is 0 Å². The van der Waals surface area contributed by atoms with E-state index in [-0.39, 0.29) is 6.03 Å². The first-order valence-corrected chi connectivity index (χ1v) is 4.58. The van der Waals surface area contributed by atoms with Crippen LogP contribution in [0.1, 0.15) is 0 Å². The lowest BCUT2D eigenvalue weighted by Crippen LogP contribution is -2.24. The van der Waals surface area contributed by atoms with Crippen molar-refractivity contribution >= 4 is 11.7 Å². The van der Waals surface area contributed by atoms with Gasteiger partial charge in [-0.2, -0.15) is 0 Å². The summed E-state index contributed by atoms with van der Waals surface area (Å²) < 4.78 is 5.30. The molecule has 0 aromatic heterocycles. The van der Waals surface area contributed by atoms with Crippen molar-refractivity contribution in [2.45, 2.75) is 0 Å². The lowest BCUT2D eigenvalue weighted by molar-refractivity contribution is 0.254. The molecule has 80 valence electrons. The molecule has 0 saturated heterocycles. The lowest BCUT2D eigenvalue weighted by atomic mass is 10.3. The third-order valence-corrected chi connectivity index (χ3v) is 1.71. The van der Waals surface area contributed by atoms with Gasteiger partial charge in [-0.05, 0) is 24.3 Å². The number of urea groups is 1. The summed E-state index contributed by atoms with van der Waals surface area (Å²) in [6.45, 7) is 4.03. The van der Waals surface area contributed by atoms with E-state index < -0.39 is 0 Å². The molecule has 0 heterocycles. The van der Waals surface area contributed by atoms with Crippen LogP contribution in [0.5, 0.6) is 5.75 Å². The fourth-order valence-electron chi connectivity index (χ4n) is 0.983. The fourth-order valence-corrected chi connectivity index (χ4v) is 0.983. The molecule has 0 atom stereocenters. The Labute approximate surface area is 88.9 Å². The zero-order valence-corrected chi connectivity index (χ0v) is 8.62. The van der Waals surface area contributed by atoms with Crippen molar-refractivity contribution < 1.29 is 9.53 Å². The van der Waals surface area contributed by atoms with E-state index in [1.165, 1.54) is 0 Å². The van der Waals surface area contributed by atoms with Gasteiger partial charge in [0, 0.05) is 12.7 Å². The van der Waals surface area contributed by atoms with Crippen LogP contribution >= 0.6 is 0 Å². The average Bonchev–Trinajstić information content (AvgIpc) is 2.28. The van der Waals surface area contributed by atoms with Crippen molar-refractivity contribution in [2.75, 3.05) is 19.0 Å². The Morgan fingerprint density at radius 1 is 1.47 bits per heavy atom. The van der Waals surface area contributed by atoms with Crippen LogP contribution in [0, 0.1) is 0 Å². The Hall–Kier alpha value is -1.97. The number of hydrogen-bond acceptors (Lipinski definition) is 2. The third-order valence-electron chi connectivity index (χ3n) is 1.71. The zero-order chi connectivity index (χ0) is 11.1. The quantitative estimate of drug-likeness (QED) is 0.740. The molecule has 0 radical (unpaired) electrons. The minimum Gasteiger partial charge on any atom is -0.490 e. The molecular weight excluding hydrogens is 192 g/mol. The van der Waals surface area contributed by atoms with E-state index in [0.717, 1.165) is 11.4 Å². The van der Waals surface area contributed by atoms with Crippen LogP contribution in [-0.2, 0) is 0 Å². The van der Waals surface area contributed by atoms with E-state index in [9.17, 15) is 4.79 Å². The number of ether oxygens (including phenoxy) is 1. The maximum absolute atomic E-state index is 11.0. The Balaban J connectivity index is 2.55. The number of benzene rings is 1. The number of nitrogens with one attached hydrogen (secondary N) is 2. The van der Waals surface area contributed by atoms with Gasteiger partial charge in [0.05, 0.1) is 0 Å². The summed E-state index contributed by atoms with van der Waals surface area (Å²) in [5.74, 6) is 0.748. The van der Waals surface area contributed by atoms with Crippen LogP contribution in [0.25, 0.3) is 0 Å². The van der Waals surface area contributed by atoms with Crippen molar-refractivity contribution in [1.29, 1.82) is 0 Å². The van der Waals surface area contributed by atoms with Gasteiger partial charge in [0.2, 0.25) is 0 Å². The van der Waals surface area contributed by atoms with E-state index in [4.69, 9.17) is 4.74 Å². The monoisotopic (exact) mass is 206 g/mol. The van der Waals surface area contributed by atoms with Gasteiger partial charge in [-0.25, -0.2) is 4.79 Å². The molecule has 0 saturated carbocycles. The largest absolute Gasteiger partial charge is 0.490 e. The fraction of sp³-hybridized carbons (Fsp3) is 0.182. The van der Waals surface area contributed by atoms with Gasteiger partial charge in [-0.15, -0.1) is 0 Å². The number of amides is 2. The van der Waals surface area contributed by atoms with E-state index in [1.54, 1.807) is 37.4 Å². The van der Waals surface area contributed by atoms with Crippen LogP contribution < -0.4 is 15.4 Å². The lowest BCUT2D eigenvalue weighted by Gasteiger charge is -2.06. The first-order chi connectivity index (χ1) is 7.26. The van der Waals surface area contributed by atoms with Gasteiger partial charge in [0.25, 0.3) is 0 Å². The van der Waals surface area contributed by atoms with Gasteiger partial charge in [-0.3, -0.25) is 0 Å². The molecule has 0 bridgehead atoms. The summed E-state index contributed by atoms with van der Waals surface area (Å²) in [6, 6.07) is 6.87. The number of carbonyl (C=O) groups is 1. The molecule has 1 aromatic rings.